The Morgan fingerprint density at radius 2 is 2.50 bits per heavy atom. The molecule has 0 saturated heterocycles. The highest BCUT2D eigenvalue weighted by molar-refractivity contribution is 9.09. The van der Waals surface area contributed by atoms with Crippen LogP contribution in [0.15, 0.2) is 6.20 Å². The third-order valence-corrected chi connectivity index (χ3v) is 2.36. The molecule has 1 rings (SSSR count). The Morgan fingerprint density at radius 1 is 1.83 bits per heavy atom. The van der Waals surface area contributed by atoms with Gasteiger partial charge in [-0.3, -0.25) is 4.68 Å². The zero-order valence-electron chi connectivity index (χ0n) is 7.08. The zero-order chi connectivity index (χ0) is 9.14. The summed E-state index contributed by atoms with van der Waals surface area (Å²) in [5, 5.41) is 12.9. The molecule has 0 aliphatic rings. The fraction of sp³-hybridized carbons (Fsp3) is 0.500. The van der Waals surface area contributed by atoms with Gasteiger partial charge in [0.15, 0.2) is 0 Å². The highest BCUT2D eigenvalue weighted by Crippen LogP contribution is 2.24. The molecule has 1 unspecified atom stereocenters. The molecule has 1 aromatic heterocycles. The first kappa shape index (κ1) is 9.27. The number of halogens is 1. The second-order valence-corrected chi connectivity index (χ2v) is 3.47. The fourth-order valence-electron chi connectivity index (χ4n) is 1.11. The van der Waals surface area contributed by atoms with Crippen LogP contribution in [0, 0.1) is 11.3 Å². The van der Waals surface area contributed by atoms with Gasteiger partial charge >= 0.3 is 0 Å². The van der Waals surface area contributed by atoms with Gasteiger partial charge in [-0.05, 0) is 6.42 Å². The molecule has 0 N–H and O–H groups in total. The topological polar surface area (TPSA) is 41.6 Å². The van der Waals surface area contributed by atoms with Crippen molar-refractivity contribution >= 4 is 15.9 Å². The summed E-state index contributed by atoms with van der Waals surface area (Å²) in [5.74, 6) is 0. The lowest BCUT2D eigenvalue weighted by Gasteiger charge is -1.97. The quantitative estimate of drug-likeness (QED) is 0.726. The molecule has 1 heterocycles. The monoisotopic (exact) mass is 227 g/mol. The average Bonchev–Trinajstić information content (AvgIpc) is 2.45. The Kier molecular flexibility index (Phi) is 2.88. The van der Waals surface area contributed by atoms with Crippen LogP contribution in [0.1, 0.15) is 23.0 Å². The first-order valence-electron chi connectivity index (χ1n) is 3.75. The van der Waals surface area contributed by atoms with E-state index in [2.05, 4.69) is 27.1 Å². The first-order chi connectivity index (χ1) is 5.69. The average molecular weight is 228 g/mol. The largest absolute Gasteiger partial charge is 0.275 e. The molecule has 0 fully saturated rings. The second-order valence-electron chi connectivity index (χ2n) is 2.55. The smallest absolute Gasteiger partial charge is 0.130 e. The van der Waals surface area contributed by atoms with Crippen LogP contribution in [0.2, 0.25) is 0 Å². The molecule has 64 valence electrons. The summed E-state index contributed by atoms with van der Waals surface area (Å²) >= 11 is 3.28. The van der Waals surface area contributed by atoms with E-state index in [1.54, 1.807) is 4.68 Å². The highest BCUT2D eigenvalue weighted by Gasteiger charge is 2.13. The number of rotatable bonds is 2. The van der Waals surface area contributed by atoms with E-state index < -0.39 is 0 Å². The van der Waals surface area contributed by atoms with Crippen LogP contribution in [0.4, 0.5) is 0 Å². The van der Waals surface area contributed by atoms with Crippen molar-refractivity contribution in [3.05, 3.63) is 17.5 Å². The van der Waals surface area contributed by atoms with Crippen LogP contribution in [0.3, 0.4) is 0 Å². The van der Waals surface area contributed by atoms with E-state index in [1.165, 1.54) is 0 Å². The van der Waals surface area contributed by atoms with E-state index in [0.29, 0.717) is 0 Å². The lowest BCUT2D eigenvalue weighted by atomic mass is 10.1. The molecule has 0 aliphatic heterocycles. The van der Waals surface area contributed by atoms with E-state index in [-0.39, 0.29) is 4.83 Å². The minimum absolute atomic E-state index is 0.235. The summed E-state index contributed by atoms with van der Waals surface area (Å²) in [6.07, 6.45) is 2.74. The van der Waals surface area contributed by atoms with E-state index in [4.69, 9.17) is 5.26 Å². The molecule has 12 heavy (non-hydrogen) atoms. The lowest BCUT2D eigenvalue weighted by Crippen LogP contribution is -1.91. The maximum Gasteiger partial charge on any atom is 0.130 e. The molecule has 0 bridgehead atoms. The Hall–Kier alpha value is -0.820. The summed E-state index contributed by atoms with van der Waals surface area (Å²) in [7, 11) is 1.86. The van der Waals surface area contributed by atoms with Crippen molar-refractivity contribution in [3.8, 4) is 6.07 Å². The minimum Gasteiger partial charge on any atom is -0.275 e. The molecule has 4 heteroatoms. The van der Waals surface area contributed by atoms with Crippen molar-refractivity contribution in [1.29, 1.82) is 5.26 Å². The SMILES string of the molecule is CCc1nn(C)cc1C(Br)C#N. The molecular formula is C8H10BrN3. The third-order valence-electron chi connectivity index (χ3n) is 1.66. The summed E-state index contributed by atoms with van der Waals surface area (Å²) in [4.78, 5) is -0.235. The maximum atomic E-state index is 8.68. The Morgan fingerprint density at radius 3 is 3.00 bits per heavy atom. The van der Waals surface area contributed by atoms with Gasteiger partial charge in [0.05, 0.1) is 11.8 Å². The van der Waals surface area contributed by atoms with Crippen molar-refractivity contribution in [1.82, 2.24) is 9.78 Å². The maximum absolute atomic E-state index is 8.68. The summed E-state index contributed by atoms with van der Waals surface area (Å²) in [5.41, 5.74) is 1.96. The van der Waals surface area contributed by atoms with Crippen LogP contribution < -0.4 is 0 Å². The first-order valence-corrected chi connectivity index (χ1v) is 4.66. The number of aryl methyl sites for hydroxylation is 2. The molecule has 0 aliphatic carbocycles. The summed E-state index contributed by atoms with van der Waals surface area (Å²) in [6, 6.07) is 2.13. The Bertz CT molecular complexity index is 311. The molecule has 1 aromatic rings. The molecular weight excluding hydrogens is 218 g/mol. The van der Waals surface area contributed by atoms with Crippen molar-refractivity contribution in [2.24, 2.45) is 7.05 Å². The van der Waals surface area contributed by atoms with E-state index >= 15 is 0 Å². The van der Waals surface area contributed by atoms with E-state index in [0.717, 1.165) is 17.7 Å². The van der Waals surface area contributed by atoms with Gasteiger partial charge in [0.25, 0.3) is 0 Å². The fourth-order valence-corrected chi connectivity index (χ4v) is 1.49. The number of nitrogens with zero attached hydrogens (tertiary/aromatic N) is 3. The molecule has 0 amide bonds. The number of hydrogen-bond acceptors (Lipinski definition) is 2. The van der Waals surface area contributed by atoms with Gasteiger partial charge in [0, 0.05) is 18.8 Å². The van der Waals surface area contributed by atoms with Crippen molar-refractivity contribution in [2.75, 3.05) is 0 Å². The normalized spacial score (nSPS) is 12.5. The van der Waals surface area contributed by atoms with Gasteiger partial charge in [-0.25, -0.2) is 0 Å². The van der Waals surface area contributed by atoms with Gasteiger partial charge in [-0.2, -0.15) is 10.4 Å². The van der Waals surface area contributed by atoms with E-state index in [1.807, 2.05) is 20.2 Å². The summed E-state index contributed by atoms with van der Waals surface area (Å²) in [6.45, 7) is 2.03. The number of alkyl halides is 1. The molecule has 0 radical (unpaired) electrons. The van der Waals surface area contributed by atoms with Crippen LogP contribution in [-0.2, 0) is 13.5 Å². The number of aromatic nitrogens is 2. The van der Waals surface area contributed by atoms with Gasteiger partial charge < -0.3 is 0 Å². The van der Waals surface area contributed by atoms with Gasteiger partial charge in [-0.1, -0.05) is 22.9 Å². The second kappa shape index (κ2) is 3.72. The number of hydrogen-bond donors (Lipinski definition) is 0. The number of nitriles is 1. The molecule has 1 atom stereocenters. The molecule has 0 aromatic carbocycles. The molecule has 0 spiro atoms. The van der Waals surface area contributed by atoms with Crippen LogP contribution in [0.25, 0.3) is 0 Å². The Labute approximate surface area is 80.1 Å². The van der Waals surface area contributed by atoms with E-state index in [9.17, 15) is 0 Å². The van der Waals surface area contributed by atoms with Crippen LogP contribution >= 0.6 is 15.9 Å². The molecule has 0 saturated carbocycles. The Balaban J connectivity index is 3.06. The standard InChI is InChI=1S/C8H10BrN3/c1-3-8-6(7(9)4-10)5-12(2)11-8/h5,7H,3H2,1-2H3. The molecule has 3 nitrogen and oxygen atoms in total. The third kappa shape index (κ3) is 1.67. The van der Waals surface area contributed by atoms with Crippen molar-refractivity contribution < 1.29 is 0 Å². The zero-order valence-corrected chi connectivity index (χ0v) is 8.67. The highest BCUT2D eigenvalue weighted by atomic mass is 79.9. The predicted octanol–water partition coefficient (Wildman–Crippen LogP) is 1.94. The van der Waals surface area contributed by atoms with Gasteiger partial charge in [0.1, 0.15) is 4.83 Å². The van der Waals surface area contributed by atoms with Gasteiger partial charge in [-0.15, -0.1) is 0 Å². The minimum atomic E-state index is -0.235. The van der Waals surface area contributed by atoms with Crippen molar-refractivity contribution in [2.45, 2.75) is 18.2 Å². The predicted molar refractivity (Wildman–Crippen MR) is 49.9 cm³/mol. The van der Waals surface area contributed by atoms with Crippen molar-refractivity contribution in [3.63, 3.8) is 0 Å². The van der Waals surface area contributed by atoms with Gasteiger partial charge in [0.2, 0.25) is 0 Å². The summed E-state index contributed by atoms with van der Waals surface area (Å²) < 4.78 is 1.74. The van der Waals surface area contributed by atoms with Crippen LogP contribution in [-0.4, -0.2) is 9.78 Å². The van der Waals surface area contributed by atoms with Crippen LogP contribution in [0.5, 0.6) is 0 Å². The lowest BCUT2D eigenvalue weighted by molar-refractivity contribution is 0.746.